The molecule has 0 aliphatic carbocycles. The number of carbonyl (C=O) groups is 3. The molecule has 0 unspecified atom stereocenters. The van der Waals surface area contributed by atoms with E-state index in [-0.39, 0.29) is 30.1 Å². The number of quaternary nitrogens is 1. The summed E-state index contributed by atoms with van der Waals surface area (Å²) >= 11 is 0. The molecule has 146 valence electrons. The Morgan fingerprint density at radius 1 is 1.07 bits per heavy atom. The molecule has 1 aromatic rings. The Labute approximate surface area is 158 Å². The standard InChI is InChI=1S/C19H24N2O6/c1-25-15-5-4-13(10-16(15)26-2)21-17(22)11-14(18(21)23)20-8-6-12(7-9-20)19(24)27-3/h4-5,10,12,14H,6-9,11H2,1-3H3/p+1/t14-/m1/s1. The molecule has 3 rings (SSSR count). The first-order valence-electron chi connectivity index (χ1n) is 9.01. The van der Waals surface area contributed by atoms with Crippen LogP contribution in [-0.2, 0) is 19.1 Å². The molecule has 2 amide bonds. The van der Waals surface area contributed by atoms with Crippen molar-refractivity contribution in [3.8, 4) is 11.5 Å². The normalized spacial score (nSPS) is 25.4. The average molecular weight is 377 g/mol. The van der Waals surface area contributed by atoms with Crippen molar-refractivity contribution in [2.45, 2.75) is 25.3 Å². The molecule has 27 heavy (non-hydrogen) atoms. The second-order valence-corrected chi connectivity index (χ2v) is 6.82. The molecule has 2 heterocycles. The predicted molar refractivity (Wildman–Crippen MR) is 95.9 cm³/mol. The van der Waals surface area contributed by atoms with Crippen LogP contribution in [0.1, 0.15) is 19.3 Å². The number of amides is 2. The minimum Gasteiger partial charge on any atom is -0.493 e. The monoisotopic (exact) mass is 377 g/mol. The van der Waals surface area contributed by atoms with Gasteiger partial charge in [-0.15, -0.1) is 0 Å². The SMILES string of the molecule is COC(=O)C1CC[NH+]([C@@H]2CC(=O)N(c3ccc(OC)c(OC)c3)C2=O)CC1. The third kappa shape index (κ3) is 3.62. The van der Waals surface area contributed by atoms with Gasteiger partial charge in [-0.3, -0.25) is 14.4 Å². The van der Waals surface area contributed by atoms with Crippen LogP contribution in [0, 0.1) is 5.92 Å². The Kier molecular flexibility index (Phi) is 5.65. The number of methoxy groups -OCH3 is 3. The number of hydrogen-bond donors (Lipinski definition) is 1. The molecule has 0 spiro atoms. The summed E-state index contributed by atoms with van der Waals surface area (Å²) in [5.41, 5.74) is 0.481. The molecule has 2 saturated heterocycles. The first kappa shape index (κ1) is 19.2. The Morgan fingerprint density at radius 3 is 2.33 bits per heavy atom. The first-order chi connectivity index (χ1) is 13.0. The van der Waals surface area contributed by atoms with E-state index in [1.807, 2.05) is 0 Å². The summed E-state index contributed by atoms with van der Waals surface area (Å²) in [5.74, 6) is 0.249. The number of nitrogens with zero attached hydrogens (tertiary/aromatic N) is 1. The summed E-state index contributed by atoms with van der Waals surface area (Å²) in [6.45, 7) is 1.34. The number of anilines is 1. The fourth-order valence-electron chi connectivity index (χ4n) is 3.93. The largest absolute Gasteiger partial charge is 0.493 e. The van der Waals surface area contributed by atoms with Crippen molar-refractivity contribution in [2.24, 2.45) is 5.92 Å². The van der Waals surface area contributed by atoms with Gasteiger partial charge in [0.25, 0.3) is 5.91 Å². The molecule has 2 aliphatic heterocycles. The molecule has 0 saturated carbocycles. The molecule has 8 heteroatoms. The number of esters is 1. The van der Waals surface area contributed by atoms with Gasteiger partial charge >= 0.3 is 5.97 Å². The number of rotatable bonds is 5. The molecule has 0 radical (unpaired) electrons. The van der Waals surface area contributed by atoms with E-state index in [9.17, 15) is 14.4 Å². The van der Waals surface area contributed by atoms with Crippen LogP contribution in [0.15, 0.2) is 18.2 Å². The van der Waals surface area contributed by atoms with E-state index >= 15 is 0 Å². The van der Waals surface area contributed by atoms with Crippen LogP contribution in [0.5, 0.6) is 11.5 Å². The Hall–Kier alpha value is -2.61. The zero-order valence-electron chi connectivity index (χ0n) is 15.8. The lowest BCUT2D eigenvalue weighted by molar-refractivity contribution is -0.920. The van der Waals surface area contributed by atoms with Crippen LogP contribution in [0.25, 0.3) is 0 Å². The van der Waals surface area contributed by atoms with E-state index < -0.39 is 6.04 Å². The van der Waals surface area contributed by atoms with Gasteiger partial charge in [0.2, 0.25) is 5.91 Å². The molecule has 2 fully saturated rings. The smallest absolute Gasteiger partial charge is 0.309 e. The van der Waals surface area contributed by atoms with E-state index in [0.717, 1.165) is 4.90 Å². The zero-order valence-corrected chi connectivity index (χ0v) is 15.8. The highest BCUT2D eigenvalue weighted by atomic mass is 16.5. The summed E-state index contributed by atoms with van der Waals surface area (Å²) in [4.78, 5) is 39.5. The molecule has 1 aromatic carbocycles. The van der Waals surface area contributed by atoms with Crippen molar-refractivity contribution in [3.63, 3.8) is 0 Å². The van der Waals surface area contributed by atoms with Gasteiger partial charge in [0, 0.05) is 18.9 Å². The van der Waals surface area contributed by atoms with Gasteiger partial charge in [-0.25, -0.2) is 4.90 Å². The second kappa shape index (κ2) is 7.96. The fraction of sp³-hybridized carbons (Fsp3) is 0.526. The number of hydrogen-bond acceptors (Lipinski definition) is 6. The van der Waals surface area contributed by atoms with Crippen LogP contribution < -0.4 is 19.3 Å². The van der Waals surface area contributed by atoms with Gasteiger partial charge in [0.15, 0.2) is 17.5 Å². The van der Waals surface area contributed by atoms with Crippen molar-refractivity contribution in [1.29, 1.82) is 0 Å². The predicted octanol–water partition coefficient (Wildman–Crippen LogP) is -0.196. The molecule has 1 atom stereocenters. The third-order valence-corrected chi connectivity index (χ3v) is 5.43. The Morgan fingerprint density at radius 2 is 1.74 bits per heavy atom. The van der Waals surface area contributed by atoms with Crippen LogP contribution in [-0.4, -0.2) is 58.2 Å². The number of ether oxygens (including phenoxy) is 3. The van der Waals surface area contributed by atoms with Crippen molar-refractivity contribution in [1.82, 2.24) is 0 Å². The summed E-state index contributed by atoms with van der Waals surface area (Å²) in [6, 6.07) is 4.58. The van der Waals surface area contributed by atoms with Crippen molar-refractivity contribution in [2.75, 3.05) is 39.3 Å². The van der Waals surface area contributed by atoms with Gasteiger partial charge in [-0.05, 0) is 12.1 Å². The maximum atomic E-state index is 13.0. The summed E-state index contributed by atoms with van der Waals surface area (Å²) in [5, 5.41) is 0. The second-order valence-electron chi connectivity index (χ2n) is 6.82. The highest BCUT2D eigenvalue weighted by Gasteiger charge is 2.47. The maximum absolute atomic E-state index is 13.0. The number of carbonyl (C=O) groups excluding carboxylic acids is 3. The topological polar surface area (TPSA) is 86.6 Å². The summed E-state index contributed by atoms with van der Waals surface area (Å²) < 4.78 is 15.3. The quantitative estimate of drug-likeness (QED) is 0.565. The zero-order chi connectivity index (χ0) is 19.6. The van der Waals surface area contributed by atoms with Gasteiger partial charge in [0.05, 0.1) is 52.4 Å². The van der Waals surface area contributed by atoms with Crippen molar-refractivity contribution < 1.29 is 33.5 Å². The van der Waals surface area contributed by atoms with Gasteiger partial charge in [0.1, 0.15) is 0 Å². The minimum atomic E-state index is -0.413. The van der Waals surface area contributed by atoms with Gasteiger partial charge in [-0.2, -0.15) is 0 Å². The van der Waals surface area contributed by atoms with E-state index in [4.69, 9.17) is 14.2 Å². The van der Waals surface area contributed by atoms with Crippen molar-refractivity contribution in [3.05, 3.63) is 18.2 Å². The van der Waals surface area contributed by atoms with E-state index in [2.05, 4.69) is 0 Å². The molecule has 0 bridgehead atoms. The van der Waals surface area contributed by atoms with Gasteiger partial charge < -0.3 is 19.1 Å². The summed E-state index contributed by atoms with van der Waals surface area (Å²) in [6.07, 6.45) is 1.50. The lowest BCUT2D eigenvalue weighted by Crippen LogP contribution is -3.17. The fourth-order valence-corrected chi connectivity index (χ4v) is 3.93. The summed E-state index contributed by atoms with van der Waals surface area (Å²) in [7, 11) is 4.43. The van der Waals surface area contributed by atoms with E-state index in [1.54, 1.807) is 18.2 Å². The number of nitrogens with one attached hydrogen (secondary N) is 1. The highest BCUT2D eigenvalue weighted by molar-refractivity contribution is 6.22. The average Bonchev–Trinajstić information content (AvgIpc) is 3.01. The first-order valence-corrected chi connectivity index (χ1v) is 9.01. The van der Waals surface area contributed by atoms with E-state index in [1.165, 1.54) is 26.2 Å². The Bertz CT molecular complexity index is 742. The van der Waals surface area contributed by atoms with Crippen LogP contribution in [0.3, 0.4) is 0 Å². The molecule has 0 aromatic heterocycles. The van der Waals surface area contributed by atoms with E-state index in [0.29, 0.717) is 43.1 Å². The minimum absolute atomic E-state index is 0.118. The Balaban J connectivity index is 1.73. The number of piperidine rings is 1. The number of imide groups is 1. The van der Waals surface area contributed by atoms with Crippen LogP contribution in [0.2, 0.25) is 0 Å². The third-order valence-electron chi connectivity index (χ3n) is 5.43. The van der Waals surface area contributed by atoms with Crippen LogP contribution in [0.4, 0.5) is 5.69 Å². The molecular weight excluding hydrogens is 352 g/mol. The lowest BCUT2D eigenvalue weighted by Gasteiger charge is -2.30. The number of benzene rings is 1. The number of likely N-dealkylation sites (tertiary alicyclic amines) is 1. The lowest BCUT2D eigenvalue weighted by atomic mass is 9.95. The maximum Gasteiger partial charge on any atom is 0.309 e. The van der Waals surface area contributed by atoms with Crippen molar-refractivity contribution >= 4 is 23.5 Å². The highest BCUT2D eigenvalue weighted by Crippen LogP contribution is 2.33. The van der Waals surface area contributed by atoms with Gasteiger partial charge in [-0.1, -0.05) is 0 Å². The molecule has 1 N–H and O–H groups in total. The molecule has 2 aliphatic rings. The molecular formula is C19H25N2O6+. The molecule has 8 nitrogen and oxygen atoms in total. The van der Waals surface area contributed by atoms with Crippen LogP contribution >= 0.6 is 0 Å².